The van der Waals surface area contributed by atoms with E-state index >= 15 is 0 Å². The Morgan fingerprint density at radius 3 is 2.59 bits per heavy atom. The van der Waals surface area contributed by atoms with Crippen LogP contribution in [0, 0.1) is 5.92 Å². The maximum atomic E-state index is 13.8. The van der Waals surface area contributed by atoms with Gasteiger partial charge in [0.05, 0.1) is 18.3 Å². The van der Waals surface area contributed by atoms with Gasteiger partial charge in [-0.05, 0) is 69.4 Å². The van der Waals surface area contributed by atoms with Gasteiger partial charge in [0.1, 0.15) is 0 Å². The molecule has 0 aliphatic carbocycles. The molecule has 0 unspecified atom stereocenters. The molecule has 218 valence electrons. The number of anilines is 1. The average molecular weight is 622 g/mol. The van der Waals surface area contributed by atoms with Crippen molar-refractivity contribution in [2.45, 2.75) is 71.6 Å². The molecule has 0 aromatic heterocycles. The van der Waals surface area contributed by atoms with Gasteiger partial charge in [-0.1, -0.05) is 82.6 Å². The zero-order valence-corrected chi connectivity index (χ0v) is 26.0. The minimum Gasteiger partial charge on any atom is -0.394 e. The minimum atomic E-state index is -1.75. The van der Waals surface area contributed by atoms with Crippen LogP contribution in [0.4, 0.5) is 5.69 Å². The fourth-order valence-electron chi connectivity index (χ4n) is 5.71. The van der Waals surface area contributed by atoms with Crippen molar-refractivity contribution in [1.82, 2.24) is 4.90 Å². The normalized spacial score (nSPS) is 21.2. The molecule has 7 heteroatoms. The van der Waals surface area contributed by atoms with Crippen LogP contribution in [0.3, 0.4) is 0 Å². The van der Waals surface area contributed by atoms with Gasteiger partial charge >= 0.3 is 0 Å². The van der Waals surface area contributed by atoms with Crippen molar-refractivity contribution in [3.05, 3.63) is 99.1 Å². The number of halogens is 1. The number of carbonyl (C=O) groups is 2. The number of aliphatic hydroxyl groups is 2. The summed E-state index contributed by atoms with van der Waals surface area (Å²) in [5.41, 5.74) is 4.24. The Morgan fingerprint density at radius 2 is 1.88 bits per heavy atom. The maximum Gasteiger partial charge on any atom is 0.264 e. The number of fused-ring (bicyclic) bond motifs is 2. The largest absolute Gasteiger partial charge is 0.394 e. The quantitative estimate of drug-likeness (QED) is 0.310. The van der Waals surface area contributed by atoms with Crippen LogP contribution < -0.4 is 4.90 Å². The van der Waals surface area contributed by atoms with Gasteiger partial charge in [-0.25, -0.2) is 0 Å². The van der Waals surface area contributed by atoms with Crippen LogP contribution in [0.1, 0.15) is 63.6 Å². The van der Waals surface area contributed by atoms with E-state index in [4.69, 9.17) is 0 Å². The summed E-state index contributed by atoms with van der Waals surface area (Å²) in [6.07, 6.45) is 10.4. The van der Waals surface area contributed by atoms with Crippen molar-refractivity contribution < 1.29 is 19.8 Å². The maximum absolute atomic E-state index is 13.8. The highest BCUT2D eigenvalue weighted by Gasteiger charge is 2.52. The first-order valence-electron chi connectivity index (χ1n) is 14.3. The summed E-state index contributed by atoms with van der Waals surface area (Å²) in [5, 5.41) is 21.9. The number of rotatable bonds is 10. The van der Waals surface area contributed by atoms with Crippen LogP contribution in [0.15, 0.2) is 82.4 Å². The molecule has 41 heavy (non-hydrogen) atoms. The topological polar surface area (TPSA) is 81.1 Å². The van der Waals surface area contributed by atoms with Crippen molar-refractivity contribution in [2.75, 3.05) is 18.1 Å². The lowest BCUT2D eigenvalue weighted by atomic mass is 9.83. The van der Waals surface area contributed by atoms with Crippen molar-refractivity contribution in [1.29, 1.82) is 0 Å². The third-order valence-corrected chi connectivity index (χ3v) is 8.70. The summed E-state index contributed by atoms with van der Waals surface area (Å²) < 4.78 is 0.782. The zero-order chi connectivity index (χ0) is 29.7. The molecule has 2 aromatic carbocycles. The summed E-state index contributed by atoms with van der Waals surface area (Å²) in [4.78, 5) is 30.4. The van der Waals surface area contributed by atoms with E-state index in [1.54, 1.807) is 28.9 Å². The van der Waals surface area contributed by atoms with Crippen LogP contribution in [0.25, 0.3) is 0 Å². The van der Waals surface area contributed by atoms with Gasteiger partial charge in [0.25, 0.3) is 5.91 Å². The Labute approximate surface area is 252 Å². The number of hydrogen-bond acceptors (Lipinski definition) is 4. The Balaban J connectivity index is 1.48. The summed E-state index contributed by atoms with van der Waals surface area (Å²) in [6, 6.07) is 13.3. The predicted molar refractivity (Wildman–Crippen MR) is 167 cm³/mol. The first kappa shape index (κ1) is 30.9. The van der Waals surface area contributed by atoms with Gasteiger partial charge in [-0.3, -0.25) is 9.59 Å². The number of aliphatic hydroxyl groups excluding tert-OH is 1. The van der Waals surface area contributed by atoms with E-state index < -0.39 is 11.5 Å². The molecule has 2 aliphatic rings. The zero-order valence-electron chi connectivity index (χ0n) is 24.4. The Morgan fingerprint density at radius 1 is 1.15 bits per heavy atom. The number of benzene rings is 2. The fraction of sp³-hybridized carbons (Fsp3) is 0.412. The number of amides is 2. The second kappa shape index (κ2) is 13.3. The van der Waals surface area contributed by atoms with Crippen LogP contribution in [-0.4, -0.2) is 46.1 Å². The molecule has 3 atom stereocenters. The van der Waals surface area contributed by atoms with E-state index in [1.807, 2.05) is 42.5 Å². The molecule has 2 N–H and O–H groups in total. The smallest absolute Gasteiger partial charge is 0.264 e. The standard InChI is InChI=1S/C34H41BrN2O4/c1-23(2)9-7-10-24(3)17-18-36-31-16-15-28(35)20-30(31)34(41,33(36)40)25(4)11-8-14-32(39)37-21-27-13-6-5-12-26(27)19-29(37)22-38/h5-6,8-9,11-13,15-17,20,25,29,38,41H,7,10,14,18-19,21-22H2,1-4H3/b11-8+,24-17+/t25-,29+,34+/m1/s1. The van der Waals surface area contributed by atoms with Gasteiger partial charge < -0.3 is 20.0 Å². The van der Waals surface area contributed by atoms with Gasteiger partial charge in [0, 0.05) is 35.5 Å². The Bertz CT molecular complexity index is 1380. The van der Waals surface area contributed by atoms with Crippen molar-refractivity contribution in [3.63, 3.8) is 0 Å². The summed E-state index contributed by atoms with van der Waals surface area (Å²) in [7, 11) is 0. The van der Waals surface area contributed by atoms with Crippen LogP contribution in [0.2, 0.25) is 0 Å². The summed E-state index contributed by atoms with van der Waals surface area (Å²) >= 11 is 3.50. The highest BCUT2D eigenvalue weighted by Crippen LogP contribution is 2.46. The van der Waals surface area contributed by atoms with Crippen molar-refractivity contribution in [2.24, 2.45) is 5.92 Å². The van der Waals surface area contributed by atoms with Gasteiger partial charge in [0.2, 0.25) is 5.91 Å². The van der Waals surface area contributed by atoms with Gasteiger partial charge in [0.15, 0.2) is 5.60 Å². The molecular weight excluding hydrogens is 580 g/mol. The average Bonchev–Trinajstić information content (AvgIpc) is 3.16. The van der Waals surface area contributed by atoms with Gasteiger partial charge in [-0.15, -0.1) is 0 Å². The van der Waals surface area contributed by atoms with E-state index in [0.717, 1.165) is 28.4 Å². The molecular formula is C34H41BrN2O4. The first-order valence-corrected chi connectivity index (χ1v) is 15.1. The molecule has 0 radical (unpaired) electrons. The fourth-order valence-corrected chi connectivity index (χ4v) is 6.07. The predicted octanol–water partition coefficient (Wildman–Crippen LogP) is 6.20. The molecule has 4 rings (SSSR count). The molecule has 2 amide bonds. The second-order valence-electron chi connectivity index (χ2n) is 11.5. The van der Waals surface area contributed by atoms with E-state index in [9.17, 15) is 19.8 Å². The molecule has 0 bridgehead atoms. The number of nitrogens with zero attached hydrogens (tertiary/aromatic N) is 2. The lowest BCUT2D eigenvalue weighted by Gasteiger charge is -2.36. The molecule has 6 nitrogen and oxygen atoms in total. The Hall–Kier alpha value is -3.00. The van der Waals surface area contributed by atoms with Crippen LogP contribution in [0.5, 0.6) is 0 Å². The summed E-state index contributed by atoms with van der Waals surface area (Å²) in [6.45, 7) is 8.79. The van der Waals surface area contributed by atoms with E-state index in [-0.39, 0.29) is 30.9 Å². The minimum absolute atomic E-state index is 0.0924. The SMILES string of the molecule is CC(C)=CCC/C(C)=C/CN1C(=O)[C@](O)([C@H](C)/C=C/CC(=O)N2Cc3ccccc3C[C@H]2CO)c2cc(Br)ccc21. The second-order valence-corrected chi connectivity index (χ2v) is 12.4. The first-order chi connectivity index (χ1) is 19.6. The molecule has 0 fully saturated rings. The van der Waals surface area contributed by atoms with E-state index in [2.05, 4.69) is 48.9 Å². The van der Waals surface area contributed by atoms with Crippen molar-refractivity contribution in [3.8, 4) is 0 Å². The molecule has 2 heterocycles. The van der Waals surface area contributed by atoms with Crippen LogP contribution >= 0.6 is 15.9 Å². The van der Waals surface area contributed by atoms with E-state index in [1.165, 1.54) is 11.1 Å². The van der Waals surface area contributed by atoms with E-state index in [0.29, 0.717) is 30.8 Å². The molecule has 0 saturated heterocycles. The monoisotopic (exact) mass is 620 g/mol. The lowest BCUT2D eigenvalue weighted by Crippen LogP contribution is -2.46. The molecule has 2 aromatic rings. The van der Waals surface area contributed by atoms with Crippen LogP contribution in [-0.2, 0) is 28.2 Å². The highest BCUT2D eigenvalue weighted by atomic mass is 79.9. The number of hydrogen-bond donors (Lipinski definition) is 2. The van der Waals surface area contributed by atoms with Crippen molar-refractivity contribution >= 4 is 33.4 Å². The highest BCUT2D eigenvalue weighted by molar-refractivity contribution is 9.10. The van der Waals surface area contributed by atoms with Gasteiger partial charge in [-0.2, -0.15) is 0 Å². The molecule has 2 aliphatic heterocycles. The number of carbonyl (C=O) groups excluding carboxylic acids is 2. The molecule has 0 spiro atoms. The number of allylic oxidation sites excluding steroid dienone is 3. The third kappa shape index (κ3) is 6.74. The third-order valence-electron chi connectivity index (χ3n) is 8.21. The lowest BCUT2D eigenvalue weighted by molar-refractivity contribution is -0.139. The Kier molecular flexibility index (Phi) is 10.1. The summed E-state index contributed by atoms with van der Waals surface area (Å²) in [5.74, 6) is -1.03. The molecule has 0 saturated carbocycles.